The van der Waals surface area contributed by atoms with E-state index in [0.717, 1.165) is 0 Å². The number of hydrogen-bond acceptors (Lipinski definition) is 10. The molecule has 0 unspecified atom stereocenters. The van der Waals surface area contributed by atoms with Crippen molar-refractivity contribution in [3.63, 3.8) is 0 Å². The molecule has 3 heterocycles. The van der Waals surface area contributed by atoms with Gasteiger partial charge in [-0.3, -0.25) is 14.2 Å². The minimum absolute atomic E-state index is 0.0422. The lowest BCUT2D eigenvalue weighted by atomic mass is 10.1. The number of likely N-dealkylation sites (N-methyl/N-ethyl adjacent to an activating group) is 1. The van der Waals surface area contributed by atoms with Gasteiger partial charge in [0.1, 0.15) is 17.7 Å². The second kappa shape index (κ2) is 11.3. The van der Waals surface area contributed by atoms with Crippen LogP contribution in [0.25, 0.3) is 11.2 Å². The van der Waals surface area contributed by atoms with Crippen molar-refractivity contribution in [1.82, 2.24) is 29.7 Å². The molecule has 37 heavy (non-hydrogen) atoms. The first-order valence-corrected chi connectivity index (χ1v) is 11.4. The summed E-state index contributed by atoms with van der Waals surface area (Å²) in [6, 6.07) is 8.83. The number of rotatable bonds is 7. The van der Waals surface area contributed by atoms with E-state index in [1.54, 1.807) is 36.3 Å². The van der Waals surface area contributed by atoms with E-state index < -0.39 is 30.4 Å². The number of fused-ring (bicyclic) bond motifs is 1. The fourth-order valence-electron chi connectivity index (χ4n) is 3.86. The maximum absolute atomic E-state index is 12.9. The summed E-state index contributed by atoms with van der Waals surface area (Å²) in [5.41, 5.74) is 7.02. The van der Waals surface area contributed by atoms with Crippen LogP contribution in [0.5, 0.6) is 0 Å². The fourth-order valence-corrected chi connectivity index (χ4v) is 3.86. The average molecular weight is 510 g/mol. The molecule has 0 saturated carbocycles. The van der Waals surface area contributed by atoms with Crippen molar-refractivity contribution in [2.24, 2.45) is 0 Å². The number of benzene rings is 1. The number of aliphatic hydroxyl groups is 2. The number of anilines is 1. The molecule has 0 bridgehead atoms. The van der Waals surface area contributed by atoms with Crippen LogP contribution in [0.2, 0.25) is 0 Å². The summed E-state index contributed by atoms with van der Waals surface area (Å²) in [7, 11) is 2.94. The maximum Gasteiger partial charge on any atom is 0.254 e. The molecule has 1 aromatic carbocycles. The number of carbonyl (C=O) groups excluding carboxylic acids is 2. The molecule has 0 aliphatic carbocycles. The first-order chi connectivity index (χ1) is 17.8. The number of imidazole rings is 1. The van der Waals surface area contributed by atoms with Gasteiger partial charge >= 0.3 is 0 Å². The smallest absolute Gasteiger partial charge is 0.254 e. The summed E-state index contributed by atoms with van der Waals surface area (Å²) in [6.07, 6.45) is -3.98. The van der Waals surface area contributed by atoms with Crippen molar-refractivity contribution in [2.75, 3.05) is 39.6 Å². The zero-order valence-electron chi connectivity index (χ0n) is 20.2. The summed E-state index contributed by atoms with van der Waals surface area (Å²) >= 11 is 0. The highest BCUT2D eigenvalue weighted by Crippen LogP contribution is 2.32. The summed E-state index contributed by atoms with van der Waals surface area (Å²) in [5.74, 6) is 5.03. The van der Waals surface area contributed by atoms with Crippen molar-refractivity contribution < 1.29 is 29.3 Å². The third kappa shape index (κ3) is 5.37. The second-order valence-electron chi connectivity index (χ2n) is 8.19. The van der Waals surface area contributed by atoms with Crippen LogP contribution in [0.1, 0.15) is 22.4 Å². The number of aliphatic hydroxyl groups excluding tert-OH is 2. The number of nitrogens with one attached hydrogen (secondary N) is 1. The Morgan fingerprint density at radius 1 is 1.24 bits per heavy atom. The topological polar surface area (TPSA) is 178 Å². The molecular weight excluding hydrogens is 482 g/mol. The molecule has 2 aromatic heterocycles. The Bertz CT molecular complexity index is 1340. The number of ether oxygens (including phenoxy) is 2. The molecule has 194 valence electrons. The summed E-state index contributed by atoms with van der Waals surface area (Å²) in [4.78, 5) is 39.2. The van der Waals surface area contributed by atoms with Gasteiger partial charge in [-0.1, -0.05) is 24.1 Å². The Hall–Kier alpha value is -4.09. The van der Waals surface area contributed by atoms with Gasteiger partial charge in [0, 0.05) is 26.3 Å². The van der Waals surface area contributed by atoms with Crippen LogP contribution < -0.4 is 11.1 Å². The van der Waals surface area contributed by atoms with E-state index in [1.165, 1.54) is 17.9 Å². The van der Waals surface area contributed by atoms with E-state index in [1.807, 2.05) is 6.07 Å². The molecule has 4 rings (SSSR count). The summed E-state index contributed by atoms with van der Waals surface area (Å²) in [6.45, 7) is 0.753. The number of carbonyl (C=O) groups is 2. The van der Waals surface area contributed by atoms with Crippen LogP contribution in [0.4, 0.5) is 5.82 Å². The lowest BCUT2D eigenvalue weighted by Crippen LogP contribution is -2.41. The predicted octanol–water partition coefficient (Wildman–Crippen LogP) is -1.09. The van der Waals surface area contributed by atoms with Gasteiger partial charge in [-0.25, -0.2) is 15.0 Å². The van der Waals surface area contributed by atoms with E-state index in [2.05, 4.69) is 32.1 Å². The zero-order valence-corrected chi connectivity index (χ0v) is 20.2. The van der Waals surface area contributed by atoms with E-state index in [-0.39, 0.29) is 35.3 Å². The highest BCUT2D eigenvalue weighted by Gasteiger charge is 2.47. The Labute approximate surface area is 212 Å². The molecule has 1 aliphatic heterocycles. The summed E-state index contributed by atoms with van der Waals surface area (Å²) in [5, 5.41) is 23.2. The number of nitrogens with two attached hydrogens (primary N) is 1. The number of nitrogen functional groups attached to an aromatic ring is 1. The van der Waals surface area contributed by atoms with Crippen LogP contribution in [0, 0.1) is 11.8 Å². The Morgan fingerprint density at radius 2 is 2.00 bits per heavy atom. The molecule has 13 heteroatoms. The highest BCUT2D eigenvalue weighted by atomic mass is 16.6. The van der Waals surface area contributed by atoms with Gasteiger partial charge < -0.3 is 35.6 Å². The second-order valence-corrected chi connectivity index (χ2v) is 8.19. The first kappa shape index (κ1) is 26.0. The van der Waals surface area contributed by atoms with Crippen molar-refractivity contribution in [3.05, 3.63) is 48.0 Å². The lowest BCUT2D eigenvalue weighted by Gasteiger charge is -2.19. The van der Waals surface area contributed by atoms with Crippen molar-refractivity contribution in [3.8, 4) is 11.8 Å². The number of hydrogen-bond donors (Lipinski definition) is 4. The van der Waals surface area contributed by atoms with Crippen molar-refractivity contribution in [1.29, 1.82) is 0 Å². The van der Waals surface area contributed by atoms with E-state index >= 15 is 0 Å². The SMILES string of the molecule is CNC(=O)[C@H]1O[C@@H](n2cnc3c(N)nc(C#CCN(CCOC)C(=O)c4ccccc4)nc32)[C@H](O)[C@@H]1O. The van der Waals surface area contributed by atoms with Crippen molar-refractivity contribution >= 4 is 28.8 Å². The molecular formula is C24H27N7O6. The molecule has 4 atom stereocenters. The van der Waals surface area contributed by atoms with Crippen LogP contribution in [-0.2, 0) is 14.3 Å². The van der Waals surface area contributed by atoms with Gasteiger partial charge in [-0.05, 0) is 18.1 Å². The quantitative estimate of drug-likeness (QED) is 0.286. The molecule has 0 spiro atoms. The molecule has 13 nitrogen and oxygen atoms in total. The zero-order chi connectivity index (χ0) is 26.5. The lowest BCUT2D eigenvalue weighted by molar-refractivity contribution is -0.137. The number of aromatic nitrogens is 4. The minimum Gasteiger partial charge on any atom is -0.387 e. The number of amides is 2. The molecule has 2 amide bonds. The van der Waals surface area contributed by atoms with Crippen LogP contribution >= 0.6 is 0 Å². The molecule has 1 saturated heterocycles. The largest absolute Gasteiger partial charge is 0.387 e. The Balaban J connectivity index is 1.59. The molecule has 1 aliphatic rings. The van der Waals surface area contributed by atoms with Gasteiger partial charge in [-0.15, -0.1) is 0 Å². The van der Waals surface area contributed by atoms with E-state index in [4.69, 9.17) is 15.2 Å². The Kier molecular flexibility index (Phi) is 7.95. The fraction of sp³-hybridized carbons (Fsp3) is 0.375. The monoisotopic (exact) mass is 509 g/mol. The summed E-state index contributed by atoms with van der Waals surface area (Å²) < 4.78 is 12.1. The third-order valence-electron chi connectivity index (χ3n) is 5.81. The van der Waals surface area contributed by atoms with Crippen LogP contribution in [-0.4, -0.2) is 98.6 Å². The van der Waals surface area contributed by atoms with Crippen LogP contribution in [0.3, 0.4) is 0 Å². The van der Waals surface area contributed by atoms with E-state index in [9.17, 15) is 19.8 Å². The molecule has 1 fully saturated rings. The van der Waals surface area contributed by atoms with Gasteiger partial charge in [-0.2, -0.15) is 0 Å². The predicted molar refractivity (Wildman–Crippen MR) is 131 cm³/mol. The Morgan fingerprint density at radius 3 is 2.70 bits per heavy atom. The highest BCUT2D eigenvalue weighted by molar-refractivity contribution is 5.94. The van der Waals surface area contributed by atoms with Crippen LogP contribution in [0.15, 0.2) is 36.7 Å². The third-order valence-corrected chi connectivity index (χ3v) is 5.81. The van der Waals surface area contributed by atoms with Gasteiger partial charge in [0.25, 0.3) is 11.8 Å². The molecule has 5 N–H and O–H groups in total. The average Bonchev–Trinajstić information content (AvgIpc) is 3.46. The van der Waals surface area contributed by atoms with Crippen molar-refractivity contribution in [2.45, 2.75) is 24.5 Å². The normalized spacial score (nSPS) is 20.9. The standard InChI is InChI=1S/C24H27N7O6/c1-26-22(34)19-17(32)18(33)24(37-19)31-13-27-16-20(25)28-15(29-21(16)31)9-6-10-30(11-12-36-2)23(35)14-7-4-3-5-8-14/h3-5,7-8,13,17-19,24,32-33H,10-12H2,1-2H3,(H,26,34)(H2,25,28,29)/t17-,18+,19-,24+/m0/s1. The first-order valence-electron chi connectivity index (χ1n) is 11.4. The van der Waals surface area contributed by atoms with Gasteiger partial charge in [0.15, 0.2) is 23.8 Å². The van der Waals surface area contributed by atoms with E-state index in [0.29, 0.717) is 18.7 Å². The minimum atomic E-state index is -1.46. The molecule has 3 aromatic rings. The maximum atomic E-state index is 12.9. The number of methoxy groups -OCH3 is 1. The van der Waals surface area contributed by atoms with Gasteiger partial charge in [0.2, 0.25) is 5.82 Å². The molecule has 0 radical (unpaired) electrons. The van der Waals surface area contributed by atoms with Gasteiger partial charge in [0.05, 0.1) is 19.5 Å². The number of nitrogens with zero attached hydrogens (tertiary/aromatic N) is 5.